The third-order valence-corrected chi connectivity index (χ3v) is 5.74. The molecule has 1 amide bonds. The van der Waals surface area contributed by atoms with Crippen LogP contribution in [0.1, 0.15) is 11.4 Å². The lowest BCUT2D eigenvalue weighted by molar-refractivity contribution is -0.120. The molecule has 22 heavy (non-hydrogen) atoms. The highest BCUT2D eigenvalue weighted by Gasteiger charge is 2.16. The molecule has 0 bridgehead atoms. The molecule has 0 aliphatic carbocycles. The van der Waals surface area contributed by atoms with Crippen LogP contribution in [-0.4, -0.2) is 31.6 Å². The van der Waals surface area contributed by atoms with Crippen LogP contribution in [0.3, 0.4) is 0 Å². The zero-order valence-corrected chi connectivity index (χ0v) is 14.0. The van der Waals surface area contributed by atoms with Gasteiger partial charge in [0.05, 0.1) is 15.7 Å². The number of benzene rings is 1. The number of carbonyl (C=O) groups excluding carboxylic acids is 1. The van der Waals surface area contributed by atoms with Crippen LogP contribution in [0.4, 0.5) is 0 Å². The molecule has 5 nitrogen and oxygen atoms in total. The van der Waals surface area contributed by atoms with E-state index >= 15 is 0 Å². The summed E-state index contributed by atoms with van der Waals surface area (Å²) in [6, 6.07) is 5.92. The topological polar surface area (TPSA) is 76.1 Å². The summed E-state index contributed by atoms with van der Waals surface area (Å²) in [6.45, 7) is 0.452. The van der Waals surface area contributed by atoms with Gasteiger partial charge in [-0.2, -0.15) is 0 Å². The number of halogens is 1. The van der Waals surface area contributed by atoms with Gasteiger partial charge >= 0.3 is 0 Å². The predicted octanol–water partition coefficient (Wildman–Crippen LogP) is 2.32. The summed E-state index contributed by atoms with van der Waals surface area (Å²) in [5.74, 6) is -0.508. The van der Waals surface area contributed by atoms with Crippen molar-refractivity contribution in [2.45, 2.75) is 17.7 Å². The first-order valence-corrected chi connectivity index (χ1v) is 9.52. The first kappa shape index (κ1) is 16.9. The molecule has 1 heterocycles. The van der Waals surface area contributed by atoms with Crippen LogP contribution in [0, 0.1) is 0 Å². The normalized spacial score (nSPS) is 11.3. The molecule has 0 aliphatic heterocycles. The summed E-state index contributed by atoms with van der Waals surface area (Å²) in [6.07, 6.45) is 2.29. The summed E-state index contributed by atoms with van der Waals surface area (Å²) in [5, 5.41) is 5.98. The molecular formula is C14H15ClN2O3S2. The highest BCUT2D eigenvalue weighted by atomic mass is 35.5. The number of amides is 1. The monoisotopic (exact) mass is 358 g/mol. The van der Waals surface area contributed by atoms with Gasteiger partial charge in [-0.15, -0.1) is 11.3 Å². The Hall–Kier alpha value is -1.44. The molecule has 2 rings (SSSR count). The molecule has 0 radical (unpaired) electrons. The average molecular weight is 359 g/mol. The third-order valence-electron chi connectivity index (χ3n) is 2.92. The fourth-order valence-electron chi connectivity index (χ4n) is 1.76. The number of nitrogens with one attached hydrogen (secondary N) is 1. The molecule has 0 atom stereocenters. The number of hydrogen-bond acceptors (Lipinski definition) is 5. The molecule has 1 aromatic carbocycles. The Kier molecular flexibility index (Phi) is 5.93. The Morgan fingerprint density at radius 3 is 2.64 bits per heavy atom. The van der Waals surface area contributed by atoms with E-state index in [0.29, 0.717) is 18.0 Å². The van der Waals surface area contributed by atoms with Gasteiger partial charge in [-0.05, 0) is 24.3 Å². The van der Waals surface area contributed by atoms with E-state index in [1.807, 2.05) is 5.38 Å². The lowest BCUT2D eigenvalue weighted by Gasteiger charge is -2.06. The van der Waals surface area contributed by atoms with Crippen LogP contribution < -0.4 is 5.32 Å². The highest BCUT2D eigenvalue weighted by Crippen LogP contribution is 2.16. The summed E-state index contributed by atoms with van der Waals surface area (Å²) in [5.41, 5.74) is 0. The van der Waals surface area contributed by atoms with Gasteiger partial charge in [0.2, 0.25) is 5.91 Å². The summed E-state index contributed by atoms with van der Waals surface area (Å²) < 4.78 is 24.2. The van der Waals surface area contributed by atoms with Crippen molar-refractivity contribution in [3.8, 4) is 0 Å². The maximum atomic E-state index is 12.1. The lowest BCUT2D eigenvalue weighted by atomic mass is 10.4. The Balaban J connectivity index is 1.78. The Labute approximate surface area is 138 Å². The predicted molar refractivity (Wildman–Crippen MR) is 86.9 cm³/mol. The number of nitrogens with zero attached hydrogens (tertiary/aromatic N) is 1. The second-order valence-corrected chi connectivity index (χ2v) is 8.07. The summed E-state index contributed by atoms with van der Waals surface area (Å²) >= 11 is 7.25. The SMILES string of the molecule is O=C(CCS(=O)(=O)c1ccc(Cl)cc1)NCCc1nccs1. The molecule has 2 aromatic rings. The molecule has 1 aromatic heterocycles. The fraction of sp³-hybridized carbons (Fsp3) is 0.286. The zero-order valence-electron chi connectivity index (χ0n) is 11.7. The molecule has 0 unspecified atom stereocenters. The van der Waals surface area contributed by atoms with Gasteiger partial charge in [0.15, 0.2) is 9.84 Å². The number of carbonyl (C=O) groups is 1. The fourth-order valence-corrected chi connectivity index (χ4v) is 3.75. The van der Waals surface area contributed by atoms with Gasteiger partial charge in [-0.3, -0.25) is 4.79 Å². The van der Waals surface area contributed by atoms with Crippen molar-refractivity contribution in [3.63, 3.8) is 0 Å². The molecule has 118 valence electrons. The van der Waals surface area contributed by atoms with Crippen LogP contribution in [0.5, 0.6) is 0 Å². The molecule has 0 aliphatic rings. The first-order chi connectivity index (χ1) is 10.5. The van der Waals surface area contributed by atoms with Crippen LogP contribution in [-0.2, 0) is 21.1 Å². The Bertz CT molecular complexity index is 713. The van der Waals surface area contributed by atoms with E-state index in [4.69, 9.17) is 11.6 Å². The number of sulfone groups is 1. The van der Waals surface area contributed by atoms with Crippen LogP contribution in [0.2, 0.25) is 5.02 Å². The number of thiazole rings is 1. The maximum Gasteiger partial charge on any atom is 0.221 e. The van der Waals surface area contributed by atoms with Crippen LogP contribution in [0.15, 0.2) is 40.7 Å². The van der Waals surface area contributed by atoms with Crippen LogP contribution >= 0.6 is 22.9 Å². The average Bonchev–Trinajstić information content (AvgIpc) is 2.99. The maximum absolute atomic E-state index is 12.1. The second-order valence-electron chi connectivity index (χ2n) is 4.55. The quantitative estimate of drug-likeness (QED) is 0.824. The molecule has 0 saturated heterocycles. The second kappa shape index (κ2) is 7.71. The van der Waals surface area contributed by atoms with E-state index in [1.165, 1.54) is 35.6 Å². The van der Waals surface area contributed by atoms with E-state index < -0.39 is 9.84 Å². The summed E-state index contributed by atoms with van der Waals surface area (Å²) in [7, 11) is -3.47. The molecule has 0 spiro atoms. The van der Waals surface area contributed by atoms with E-state index in [9.17, 15) is 13.2 Å². The van der Waals surface area contributed by atoms with E-state index in [-0.39, 0.29) is 23.0 Å². The van der Waals surface area contributed by atoms with Gasteiger partial charge < -0.3 is 5.32 Å². The number of hydrogen-bond donors (Lipinski definition) is 1. The van der Waals surface area contributed by atoms with Crippen molar-refractivity contribution >= 4 is 38.7 Å². The van der Waals surface area contributed by atoms with Crippen molar-refractivity contribution in [1.82, 2.24) is 10.3 Å². The molecule has 1 N–H and O–H groups in total. The van der Waals surface area contributed by atoms with Gasteiger partial charge in [0.1, 0.15) is 0 Å². The minimum absolute atomic E-state index is 0.0666. The smallest absolute Gasteiger partial charge is 0.221 e. The van der Waals surface area contributed by atoms with E-state index in [0.717, 1.165) is 5.01 Å². The van der Waals surface area contributed by atoms with Gasteiger partial charge in [0.25, 0.3) is 0 Å². The number of rotatable bonds is 7. The van der Waals surface area contributed by atoms with E-state index in [1.54, 1.807) is 6.20 Å². The number of aromatic nitrogens is 1. The molecule has 0 saturated carbocycles. The minimum Gasteiger partial charge on any atom is -0.356 e. The Morgan fingerprint density at radius 2 is 2.00 bits per heavy atom. The molecular weight excluding hydrogens is 344 g/mol. The molecule has 8 heteroatoms. The van der Waals surface area contributed by atoms with Crippen molar-refractivity contribution in [2.24, 2.45) is 0 Å². The van der Waals surface area contributed by atoms with Gasteiger partial charge in [-0.25, -0.2) is 13.4 Å². The van der Waals surface area contributed by atoms with Crippen LogP contribution in [0.25, 0.3) is 0 Å². The minimum atomic E-state index is -3.47. The summed E-state index contributed by atoms with van der Waals surface area (Å²) in [4.78, 5) is 16.0. The Morgan fingerprint density at radius 1 is 1.27 bits per heavy atom. The van der Waals surface area contributed by atoms with Gasteiger partial charge in [0, 0.05) is 36.0 Å². The first-order valence-electron chi connectivity index (χ1n) is 6.61. The lowest BCUT2D eigenvalue weighted by Crippen LogP contribution is -2.27. The third kappa shape index (κ3) is 5.08. The van der Waals surface area contributed by atoms with Gasteiger partial charge in [-0.1, -0.05) is 11.6 Å². The van der Waals surface area contributed by atoms with Crippen molar-refractivity contribution in [3.05, 3.63) is 45.9 Å². The van der Waals surface area contributed by atoms with E-state index in [2.05, 4.69) is 10.3 Å². The standard InChI is InChI=1S/C14H15ClN2O3S2/c15-11-1-3-12(4-2-11)22(19,20)10-6-13(18)16-7-5-14-17-8-9-21-14/h1-4,8-9H,5-7,10H2,(H,16,18). The molecule has 0 fully saturated rings. The highest BCUT2D eigenvalue weighted by molar-refractivity contribution is 7.91. The zero-order chi connectivity index (χ0) is 16.0. The van der Waals surface area contributed by atoms with Crippen molar-refractivity contribution < 1.29 is 13.2 Å². The van der Waals surface area contributed by atoms with Crippen molar-refractivity contribution in [2.75, 3.05) is 12.3 Å². The largest absolute Gasteiger partial charge is 0.356 e. The van der Waals surface area contributed by atoms with Crippen molar-refractivity contribution in [1.29, 1.82) is 0 Å².